The lowest BCUT2D eigenvalue weighted by atomic mass is 10.2. The third-order valence-corrected chi connectivity index (χ3v) is 4.97. The summed E-state index contributed by atoms with van der Waals surface area (Å²) in [5.41, 5.74) is 2.75. The second-order valence-electron chi connectivity index (χ2n) is 7.01. The fraction of sp³-hybridized carbons (Fsp3) is 0.364. The van der Waals surface area contributed by atoms with Crippen molar-refractivity contribution in [3.8, 4) is 5.75 Å². The fourth-order valence-corrected chi connectivity index (χ4v) is 3.41. The molecular weight excluding hydrogens is 354 g/mol. The van der Waals surface area contributed by atoms with Crippen LogP contribution in [0, 0.1) is 0 Å². The number of hydrogen-bond acceptors (Lipinski definition) is 4. The highest BCUT2D eigenvalue weighted by molar-refractivity contribution is 5.94. The number of para-hydroxylation sites is 2. The normalized spacial score (nSPS) is 16.4. The minimum atomic E-state index is -0.0684. The molecule has 0 bridgehead atoms. The molecule has 0 radical (unpaired) electrons. The van der Waals surface area contributed by atoms with Crippen molar-refractivity contribution in [2.45, 2.75) is 31.9 Å². The first kappa shape index (κ1) is 18.5. The molecule has 0 saturated carbocycles. The second-order valence-corrected chi connectivity index (χ2v) is 7.01. The van der Waals surface area contributed by atoms with Gasteiger partial charge in [0.25, 0.3) is 5.91 Å². The van der Waals surface area contributed by atoms with Gasteiger partial charge in [0.2, 0.25) is 0 Å². The summed E-state index contributed by atoms with van der Waals surface area (Å²) in [6.07, 6.45) is 5.03. The maximum absolute atomic E-state index is 12.3. The molecule has 1 fully saturated rings. The van der Waals surface area contributed by atoms with Crippen LogP contribution in [0.4, 0.5) is 0 Å². The summed E-state index contributed by atoms with van der Waals surface area (Å²) >= 11 is 0. The van der Waals surface area contributed by atoms with E-state index >= 15 is 0 Å². The lowest BCUT2D eigenvalue weighted by Gasteiger charge is -2.12. The molecular formula is C22H25N3O3. The Morgan fingerprint density at radius 2 is 2.07 bits per heavy atom. The molecule has 0 spiro atoms. The molecule has 1 amide bonds. The highest BCUT2D eigenvalue weighted by Crippen LogP contribution is 2.17. The Bertz CT molecular complexity index is 914. The van der Waals surface area contributed by atoms with Gasteiger partial charge in [-0.15, -0.1) is 0 Å². The molecule has 146 valence electrons. The summed E-state index contributed by atoms with van der Waals surface area (Å²) in [5, 5.41) is 2.97. The van der Waals surface area contributed by atoms with Crippen LogP contribution in [0.15, 0.2) is 54.9 Å². The summed E-state index contributed by atoms with van der Waals surface area (Å²) in [5.74, 6) is 0.695. The van der Waals surface area contributed by atoms with E-state index in [1.54, 1.807) is 12.1 Å². The largest absolute Gasteiger partial charge is 0.491 e. The van der Waals surface area contributed by atoms with Gasteiger partial charge in [0.1, 0.15) is 12.4 Å². The molecule has 1 N–H and O–H groups in total. The highest BCUT2D eigenvalue weighted by atomic mass is 16.5. The van der Waals surface area contributed by atoms with E-state index in [9.17, 15) is 4.79 Å². The van der Waals surface area contributed by atoms with Gasteiger partial charge in [-0.3, -0.25) is 4.79 Å². The molecule has 1 atom stereocenters. The predicted octanol–water partition coefficient (Wildman–Crippen LogP) is 3.41. The van der Waals surface area contributed by atoms with Gasteiger partial charge in [0, 0.05) is 25.3 Å². The van der Waals surface area contributed by atoms with Gasteiger partial charge in [-0.2, -0.15) is 0 Å². The van der Waals surface area contributed by atoms with Crippen molar-refractivity contribution in [2.75, 3.05) is 19.8 Å². The first-order chi connectivity index (χ1) is 13.8. The maximum Gasteiger partial charge on any atom is 0.251 e. The average Bonchev–Trinajstić information content (AvgIpc) is 3.40. The van der Waals surface area contributed by atoms with E-state index in [-0.39, 0.29) is 12.0 Å². The number of aryl methyl sites for hydroxylation is 1. The molecule has 6 heteroatoms. The number of imidazole rings is 1. The van der Waals surface area contributed by atoms with Crippen LogP contribution in [0.25, 0.3) is 11.0 Å². The molecule has 2 heterocycles. The number of benzene rings is 2. The number of rotatable bonds is 8. The Labute approximate surface area is 164 Å². The smallest absolute Gasteiger partial charge is 0.251 e. The zero-order valence-corrected chi connectivity index (χ0v) is 15.8. The van der Waals surface area contributed by atoms with Gasteiger partial charge in [-0.1, -0.05) is 12.1 Å². The van der Waals surface area contributed by atoms with E-state index in [1.165, 1.54) is 0 Å². The van der Waals surface area contributed by atoms with Crippen LogP contribution in [0.5, 0.6) is 5.75 Å². The predicted molar refractivity (Wildman–Crippen MR) is 108 cm³/mol. The van der Waals surface area contributed by atoms with Crippen LogP contribution in [0.1, 0.15) is 29.6 Å². The monoisotopic (exact) mass is 379 g/mol. The SMILES string of the molecule is O=C(NCCCn1cnc2ccccc21)c1ccc(OC[C@@H]2CCCO2)cc1. The van der Waals surface area contributed by atoms with Crippen LogP contribution >= 0.6 is 0 Å². The molecule has 1 aromatic heterocycles. The van der Waals surface area contributed by atoms with Gasteiger partial charge in [0.15, 0.2) is 0 Å². The third kappa shape index (κ3) is 4.51. The minimum Gasteiger partial charge on any atom is -0.491 e. The van der Waals surface area contributed by atoms with Gasteiger partial charge in [-0.25, -0.2) is 4.98 Å². The molecule has 1 aliphatic rings. The van der Waals surface area contributed by atoms with E-state index in [0.717, 1.165) is 49.2 Å². The van der Waals surface area contributed by atoms with Crippen molar-refractivity contribution in [3.63, 3.8) is 0 Å². The van der Waals surface area contributed by atoms with Crippen molar-refractivity contribution < 1.29 is 14.3 Å². The number of nitrogens with one attached hydrogen (secondary N) is 1. The van der Waals surface area contributed by atoms with E-state index in [2.05, 4.69) is 20.9 Å². The Kier molecular flexibility index (Phi) is 5.87. The number of amides is 1. The van der Waals surface area contributed by atoms with Crippen LogP contribution in [0.2, 0.25) is 0 Å². The zero-order chi connectivity index (χ0) is 19.2. The molecule has 1 aliphatic heterocycles. The Morgan fingerprint density at radius 3 is 2.89 bits per heavy atom. The maximum atomic E-state index is 12.3. The summed E-state index contributed by atoms with van der Waals surface area (Å²) in [6.45, 7) is 2.82. The lowest BCUT2D eigenvalue weighted by Crippen LogP contribution is -2.25. The number of hydrogen-bond donors (Lipinski definition) is 1. The number of fused-ring (bicyclic) bond motifs is 1. The van der Waals surface area contributed by atoms with E-state index in [1.807, 2.05) is 36.7 Å². The van der Waals surface area contributed by atoms with Crippen molar-refractivity contribution in [1.29, 1.82) is 0 Å². The van der Waals surface area contributed by atoms with Crippen molar-refractivity contribution in [2.24, 2.45) is 0 Å². The number of carbonyl (C=O) groups is 1. The first-order valence-electron chi connectivity index (χ1n) is 9.82. The summed E-state index contributed by atoms with van der Waals surface area (Å²) in [4.78, 5) is 16.7. The van der Waals surface area contributed by atoms with Gasteiger partial charge < -0.3 is 19.4 Å². The quantitative estimate of drug-likeness (QED) is 0.609. The molecule has 6 nitrogen and oxygen atoms in total. The zero-order valence-electron chi connectivity index (χ0n) is 15.8. The Hall–Kier alpha value is -2.86. The van der Waals surface area contributed by atoms with Crippen LogP contribution in [0.3, 0.4) is 0 Å². The third-order valence-electron chi connectivity index (χ3n) is 4.97. The van der Waals surface area contributed by atoms with Crippen molar-refractivity contribution in [3.05, 3.63) is 60.4 Å². The number of aromatic nitrogens is 2. The second kappa shape index (κ2) is 8.89. The molecule has 0 aliphatic carbocycles. The van der Waals surface area contributed by atoms with E-state index in [4.69, 9.17) is 9.47 Å². The Morgan fingerprint density at radius 1 is 1.21 bits per heavy atom. The molecule has 28 heavy (non-hydrogen) atoms. The summed E-state index contributed by atoms with van der Waals surface area (Å²) in [7, 11) is 0. The lowest BCUT2D eigenvalue weighted by molar-refractivity contribution is 0.0679. The number of nitrogens with zero attached hydrogens (tertiary/aromatic N) is 2. The van der Waals surface area contributed by atoms with E-state index < -0.39 is 0 Å². The van der Waals surface area contributed by atoms with Crippen molar-refractivity contribution in [1.82, 2.24) is 14.9 Å². The van der Waals surface area contributed by atoms with Gasteiger partial charge in [0.05, 0.1) is 23.5 Å². The average molecular weight is 379 g/mol. The summed E-state index contributed by atoms with van der Waals surface area (Å²) in [6, 6.07) is 15.3. The van der Waals surface area contributed by atoms with Crippen LogP contribution in [-0.2, 0) is 11.3 Å². The minimum absolute atomic E-state index is 0.0684. The van der Waals surface area contributed by atoms with Crippen LogP contribution < -0.4 is 10.1 Å². The van der Waals surface area contributed by atoms with Gasteiger partial charge >= 0.3 is 0 Å². The first-order valence-corrected chi connectivity index (χ1v) is 9.82. The number of carbonyl (C=O) groups excluding carboxylic acids is 1. The molecule has 0 unspecified atom stereocenters. The van der Waals surface area contributed by atoms with Crippen LogP contribution in [-0.4, -0.2) is 41.3 Å². The molecule has 4 rings (SSSR count). The fourth-order valence-electron chi connectivity index (χ4n) is 3.41. The molecule has 1 saturated heterocycles. The topological polar surface area (TPSA) is 65.4 Å². The van der Waals surface area contributed by atoms with Gasteiger partial charge in [-0.05, 0) is 55.7 Å². The summed E-state index contributed by atoms with van der Waals surface area (Å²) < 4.78 is 13.4. The molecule has 2 aromatic carbocycles. The molecule has 3 aromatic rings. The van der Waals surface area contributed by atoms with E-state index in [0.29, 0.717) is 18.7 Å². The Balaban J connectivity index is 1.21. The highest BCUT2D eigenvalue weighted by Gasteiger charge is 2.16. The number of ether oxygens (including phenoxy) is 2. The van der Waals surface area contributed by atoms with Crippen molar-refractivity contribution >= 4 is 16.9 Å². The standard InChI is InChI=1S/C22H25N3O3/c26-22(17-8-10-18(11-9-17)28-15-19-5-3-14-27-19)23-12-4-13-25-16-24-20-6-1-2-7-21(20)25/h1-2,6-11,16,19H,3-5,12-15H2,(H,23,26)/t19-/m0/s1.